The summed E-state index contributed by atoms with van der Waals surface area (Å²) in [6, 6.07) is 13.7. The lowest BCUT2D eigenvalue weighted by atomic mass is 9.77. The van der Waals surface area contributed by atoms with Crippen molar-refractivity contribution in [3.63, 3.8) is 0 Å². The number of carboxylic acids is 1. The normalized spacial score (nSPS) is 12.3. The van der Waals surface area contributed by atoms with Gasteiger partial charge in [0, 0.05) is 42.9 Å². The molecule has 9 heteroatoms. The first-order chi connectivity index (χ1) is 18.8. The Bertz CT molecular complexity index is 1380. The number of hydrogen-bond acceptors (Lipinski definition) is 5. The number of anilines is 2. The number of benzene rings is 2. The molecule has 0 saturated carbocycles. The lowest BCUT2D eigenvalue weighted by Crippen LogP contribution is -2.22. The Morgan fingerprint density at radius 2 is 1.68 bits per heavy atom. The summed E-state index contributed by atoms with van der Waals surface area (Å²) in [4.78, 5) is 24.0. The lowest BCUT2D eigenvalue weighted by Gasteiger charge is -2.29. The van der Waals surface area contributed by atoms with Crippen molar-refractivity contribution in [3.05, 3.63) is 103 Å². The summed E-state index contributed by atoms with van der Waals surface area (Å²) in [6.07, 6.45) is 12.8. The quantitative estimate of drug-likeness (QED) is 0.128. The molecule has 0 aliphatic rings. The molecule has 2 rings (SSSR count). The number of hydrogen-bond donors (Lipinski definition) is 3. The molecule has 2 aromatic rings. The molecular formula is C31H38N2O6S. The van der Waals surface area contributed by atoms with Crippen molar-refractivity contribution in [3.8, 4) is 0 Å². The Morgan fingerprint density at radius 1 is 1.00 bits per heavy atom. The molecule has 214 valence electrons. The summed E-state index contributed by atoms with van der Waals surface area (Å²) >= 11 is 0. The van der Waals surface area contributed by atoms with E-state index in [-0.39, 0.29) is 17.2 Å². The first-order valence-corrected chi connectivity index (χ1v) is 14.4. The molecule has 0 radical (unpaired) electrons. The van der Waals surface area contributed by atoms with Crippen LogP contribution in [0.2, 0.25) is 0 Å². The zero-order chi connectivity index (χ0) is 29.8. The van der Waals surface area contributed by atoms with Crippen molar-refractivity contribution in [2.45, 2.75) is 56.8 Å². The van der Waals surface area contributed by atoms with Gasteiger partial charge in [-0.15, -0.1) is 0 Å². The van der Waals surface area contributed by atoms with Crippen LogP contribution in [-0.2, 0) is 25.1 Å². The van der Waals surface area contributed by atoms with Crippen molar-refractivity contribution in [2.24, 2.45) is 0 Å². The molecule has 2 aromatic carbocycles. The maximum atomic E-state index is 12.0. The van der Waals surface area contributed by atoms with Crippen LogP contribution in [0.4, 0.5) is 11.4 Å². The zero-order valence-electron chi connectivity index (χ0n) is 23.2. The Labute approximate surface area is 237 Å². The maximum Gasteiger partial charge on any atom is 0.303 e. The highest BCUT2D eigenvalue weighted by Gasteiger charge is 2.27. The smallest absolute Gasteiger partial charge is 0.303 e. The molecule has 40 heavy (non-hydrogen) atoms. The van der Waals surface area contributed by atoms with E-state index in [1.165, 1.54) is 19.1 Å². The molecule has 0 heterocycles. The number of carbonyl (C=O) groups excluding carboxylic acids is 1. The molecule has 0 aromatic heterocycles. The SMILES string of the molecule is C=C(/C=C/C=C/C=C/N(C(C)=O)c1ccccc1)C(C)(C)c1cc(S(=O)(=O)O)ccc1NCCCCCC(=O)O. The second-order valence-corrected chi connectivity index (χ2v) is 11.2. The minimum atomic E-state index is -4.41. The standard InChI is InChI=1S/C31H38N2O6S/c1-24(15-9-5-6-14-22-33(25(2)34)26-16-10-7-11-17-26)31(3,4)28-23-27(40(37,38)39)19-20-29(28)32-21-13-8-12-18-30(35)36/h5-7,9-11,14-17,19-20,22-23,32H,1,8,12-13,18,21H2,2-4H3,(H,35,36)(H,37,38,39)/b6-5+,15-9+,22-14+. The Kier molecular flexibility index (Phi) is 12.1. The summed E-state index contributed by atoms with van der Waals surface area (Å²) < 4.78 is 33.3. The maximum absolute atomic E-state index is 12.0. The van der Waals surface area contributed by atoms with Crippen molar-refractivity contribution in [1.82, 2.24) is 0 Å². The van der Waals surface area contributed by atoms with Crippen LogP contribution in [0.3, 0.4) is 0 Å². The predicted molar refractivity (Wildman–Crippen MR) is 160 cm³/mol. The topological polar surface area (TPSA) is 124 Å². The average Bonchev–Trinajstić information content (AvgIpc) is 2.89. The van der Waals surface area contributed by atoms with E-state index in [9.17, 15) is 22.6 Å². The van der Waals surface area contributed by atoms with Gasteiger partial charge in [-0.25, -0.2) is 0 Å². The second kappa shape index (κ2) is 15.0. The number of allylic oxidation sites excluding steroid dienone is 6. The highest BCUT2D eigenvalue weighted by atomic mass is 32.2. The monoisotopic (exact) mass is 566 g/mol. The summed E-state index contributed by atoms with van der Waals surface area (Å²) in [6.45, 7) is 10.1. The number of carbonyl (C=O) groups is 2. The highest BCUT2D eigenvalue weighted by Crippen LogP contribution is 2.37. The largest absolute Gasteiger partial charge is 0.481 e. The molecule has 3 N–H and O–H groups in total. The highest BCUT2D eigenvalue weighted by molar-refractivity contribution is 7.85. The third-order valence-corrected chi connectivity index (χ3v) is 7.24. The molecule has 0 aliphatic carbocycles. The minimum Gasteiger partial charge on any atom is -0.481 e. The van der Waals surface area contributed by atoms with Crippen LogP contribution in [-0.4, -0.2) is 36.5 Å². The van der Waals surface area contributed by atoms with Gasteiger partial charge in [-0.3, -0.25) is 19.0 Å². The number of nitrogens with one attached hydrogen (secondary N) is 1. The number of nitrogens with zero attached hydrogens (tertiary/aromatic N) is 1. The fraction of sp³-hybridized carbons (Fsp3) is 0.290. The molecule has 0 spiro atoms. The van der Waals surface area contributed by atoms with Gasteiger partial charge in [0.25, 0.3) is 10.1 Å². The number of rotatable bonds is 15. The van der Waals surface area contributed by atoms with E-state index in [1.807, 2.05) is 50.3 Å². The predicted octanol–water partition coefficient (Wildman–Crippen LogP) is 6.50. The van der Waals surface area contributed by atoms with Crippen molar-refractivity contribution in [2.75, 3.05) is 16.8 Å². The molecule has 0 unspecified atom stereocenters. The van der Waals surface area contributed by atoms with E-state index in [0.717, 1.165) is 18.5 Å². The van der Waals surface area contributed by atoms with Gasteiger partial charge in [0.1, 0.15) is 0 Å². The molecule has 0 fully saturated rings. The van der Waals surface area contributed by atoms with Crippen molar-refractivity contribution >= 4 is 33.4 Å². The number of unbranched alkanes of at least 4 members (excludes halogenated alkanes) is 2. The Morgan fingerprint density at radius 3 is 2.30 bits per heavy atom. The fourth-order valence-electron chi connectivity index (χ4n) is 3.93. The van der Waals surface area contributed by atoms with Crippen LogP contribution in [0.5, 0.6) is 0 Å². The van der Waals surface area contributed by atoms with Gasteiger partial charge >= 0.3 is 5.97 Å². The third kappa shape index (κ3) is 9.98. The van der Waals surface area contributed by atoms with Crippen LogP contribution in [0.25, 0.3) is 0 Å². The number of carboxylic acid groups (broad SMARTS) is 1. The third-order valence-electron chi connectivity index (χ3n) is 6.39. The summed E-state index contributed by atoms with van der Waals surface area (Å²) in [7, 11) is -4.41. The zero-order valence-corrected chi connectivity index (χ0v) is 24.0. The van der Waals surface area contributed by atoms with E-state index in [2.05, 4.69) is 11.9 Å². The van der Waals surface area contributed by atoms with Crippen LogP contribution in [0.15, 0.2) is 102 Å². The van der Waals surface area contributed by atoms with Crippen LogP contribution in [0.1, 0.15) is 52.0 Å². The van der Waals surface area contributed by atoms with E-state index < -0.39 is 21.5 Å². The van der Waals surface area contributed by atoms with Gasteiger partial charge in [0.05, 0.1) is 4.90 Å². The van der Waals surface area contributed by atoms with Crippen LogP contribution < -0.4 is 10.2 Å². The lowest BCUT2D eigenvalue weighted by molar-refractivity contribution is -0.137. The second-order valence-electron chi connectivity index (χ2n) is 9.77. The van der Waals surface area contributed by atoms with Gasteiger partial charge in [-0.2, -0.15) is 8.42 Å². The summed E-state index contributed by atoms with van der Waals surface area (Å²) in [5.74, 6) is -0.932. The molecular weight excluding hydrogens is 528 g/mol. The van der Waals surface area contributed by atoms with Gasteiger partial charge in [0.15, 0.2) is 0 Å². The Hall–Kier alpha value is -3.95. The van der Waals surface area contributed by atoms with E-state index in [0.29, 0.717) is 29.8 Å². The van der Waals surface area contributed by atoms with Crippen molar-refractivity contribution in [1.29, 1.82) is 0 Å². The van der Waals surface area contributed by atoms with E-state index in [4.69, 9.17) is 5.11 Å². The van der Waals surface area contributed by atoms with Crippen LogP contribution >= 0.6 is 0 Å². The Balaban J connectivity index is 2.16. The molecule has 1 amide bonds. The van der Waals surface area contributed by atoms with Gasteiger partial charge in [0.2, 0.25) is 5.91 Å². The number of para-hydroxylation sites is 1. The molecule has 0 saturated heterocycles. The molecule has 0 atom stereocenters. The average molecular weight is 567 g/mol. The molecule has 8 nitrogen and oxygen atoms in total. The van der Waals surface area contributed by atoms with Crippen molar-refractivity contribution < 1.29 is 27.7 Å². The van der Waals surface area contributed by atoms with Gasteiger partial charge in [-0.1, -0.05) is 69.4 Å². The summed E-state index contributed by atoms with van der Waals surface area (Å²) in [5.41, 5.74) is 2.11. The van der Waals surface area contributed by atoms with E-state index in [1.54, 1.807) is 41.5 Å². The first kappa shape index (κ1) is 32.3. The van der Waals surface area contributed by atoms with Gasteiger partial charge < -0.3 is 10.4 Å². The summed E-state index contributed by atoms with van der Waals surface area (Å²) in [5, 5.41) is 12.1. The van der Waals surface area contributed by atoms with Crippen LogP contribution in [0, 0.1) is 0 Å². The number of amides is 1. The number of aliphatic carboxylic acids is 1. The molecule has 0 bridgehead atoms. The fourth-order valence-corrected chi connectivity index (χ4v) is 4.44. The first-order valence-electron chi connectivity index (χ1n) is 13.0. The minimum absolute atomic E-state index is 0.113. The van der Waals surface area contributed by atoms with Gasteiger partial charge in [-0.05, 0) is 60.4 Å². The molecule has 0 aliphatic heterocycles. The van der Waals surface area contributed by atoms with E-state index >= 15 is 0 Å².